The molecular weight excluding hydrogens is 361 g/mol. The van der Waals surface area contributed by atoms with Gasteiger partial charge in [0.2, 0.25) is 0 Å². The predicted octanol–water partition coefficient (Wildman–Crippen LogP) is 4.71. The molecule has 0 bridgehead atoms. The van der Waals surface area contributed by atoms with Gasteiger partial charge < -0.3 is 5.73 Å². The van der Waals surface area contributed by atoms with E-state index < -0.39 is 0 Å². The van der Waals surface area contributed by atoms with Crippen LogP contribution in [0, 0.1) is 12.7 Å². The van der Waals surface area contributed by atoms with Crippen LogP contribution in [-0.2, 0) is 0 Å². The Labute approximate surface area is 122 Å². The first-order valence-corrected chi connectivity index (χ1v) is 7.04. The van der Waals surface area contributed by atoms with E-state index >= 15 is 0 Å². The third kappa shape index (κ3) is 2.82. The molecule has 0 amide bonds. The second-order valence-corrected chi connectivity index (χ2v) is 5.86. The van der Waals surface area contributed by atoms with Crippen LogP contribution in [0.25, 0.3) is 0 Å². The van der Waals surface area contributed by atoms with Gasteiger partial charge in [0.1, 0.15) is 5.82 Å². The van der Waals surface area contributed by atoms with E-state index in [0.717, 1.165) is 25.6 Å². The molecule has 2 aromatic rings. The van der Waals surface area contributed by atoms with Crippen molar-refractivity contribution in [2.75, 3.05) is 0 Å². The molecule has 0 aromatic heterocycles. The quantitative estimate of drug-likeness (QED) is 0.811. The van der Waals surface area contributed by atoms with Crippen LogP contribution in [0.1, 0.15) is 22.7 Å². The molecule has 0 fully saturated rings. The molecule has 0 aliphatic carbocycles. The smallest absolute Gasteiger partial charge is 0.123 e. The molecule has 1 nitrogen and oxygen atoms in total. The average Bonchev–Trinajstić information content (AvgIpc) is 2.33. The summed E-state index contributed by atoms with van der Waals surface area (Å²) >= 11 is 6.99. The summed E-state index contributed by atoms with van der Waals surface area (Å²) in [6.07, 6.45) is 0. The first-order chi connectivity index (χ1) is 8.49. The van der Waals surface area contributed by atoms with Crippen molar-refractivity contribution in [3.63, 3.8) is 0 Å². The van der Waals surface area contributed by atoms with Crippen LogP contribution < -0.4 is 5.73 Å². The van der Waals surface area contributed by atoms with Gasteiger partial charge in [0.05, 0.1) is 6.04 Å². The molecule has 0 aliphatic rings. The molecule has 94 valence electrons. The monoisotopic (exact) mass is 371 g/mol. The van der Waals surface area contributed by atoms with Crippen LogP contribution in [0.2, 0.25) is 0 Å². The Morgan fingerprint density at radius 1 is 1.11 bits per heavy atom. The van der Waals surface area contributed by atoms with Crippen molar-refractivity contribution in [3.8, 4) is 0 Å². The van der Waals surface area contributed by atoms with E-state index in [1.807, 2.05) is 25.1 Å². The van der Waals surface area contributed by atoms with Crippen molar-refractivity contribution in [2.45, 2.75) is 13.0 Å². The molecule has 1 unspecified atom stereocenters. The van der Waals surface area contributed by atoms with E-state index in [2.05, 4.69) is 31.9 Å². The summed E-state index contributed by atoms with van der Waals surface area (Å²) in [6.45, 7) is 2.01. The first-order valence-electron chi connectivity index (χ1n) is 5.45. The SMILES string of the molecule is Cc1cc(Br)c(C(N)c2cccc(F)c2)cc1Br. The van der Waals surface area contributed by atoms with Gasteiger partial charge in [-0.1, -0.05) is 44.0 Å². The van der Waals surface area contributed by atoms with Gasteiger partial charge in [0.15, 0.2) is 0 Å². The Bertz CT molecular complexity index is 584. The van der Waals surface area contributed by atoms with Crippen molar-refractivity contribution in [1.82, 2.24) is 0 Å². The maximum atomic E-state index is 13.2. The third-order valence-corrected chi connectivity index (χ3v) is 4.36. The Morgan fingerprint density at radius 3 is 2.50 bits per heavy atom. The standard InChI is InChI=1S/C14H12Br2FN/c1-8-5-13(16)11(7-12(8)15)14(18)9-3-2-4-10(17)6-9/h2-7,14H,18H2,1H3. The minimum absolute atomic E-state index is 0.273. The molecule has 4 heteroatoms. The highest BCUT2D eigenvalue weighted by atomic mass is 79.9. The maximum Gasteiger partial charge on any atom is 0.123 e. The topological polar surface area (TPSA) is 26.0 Å². The molecule has 2 rings (SSSR count). The summed E-state index contributed by atoms with van der Waals surface area (Å²) in [5.74, 6) is -0.273. The second kappa shape index (κ2) is 5.51. The molecular formula is C14H12Br2FN. The molecule has 0 spiro atoms. The zero-order chi connectivity index (χ0) is 13.3. The molecule has 0 radical (unpaired) electrons. The van der Waals surface area contributed by atoms with Crippen molar-refractivity contribution in [2.24, 2.45) is 5.73 Å². The van der Waals surface area contributed by atoms with Crippen molar-refractivity contribution in [1.29, 1.82) is 0 Å². The fourth-order valence-electron chi connectivity index (χ4n) is 1.78. The van der Waals surface area contributed by atoms with Gasteiger partial charge in [0.25, 0.3) is 0 Å². The molecule has 2 N–H and O–H groups in total. The lowest BCUT2D eigenvalue weighted by molar-refractivity contribution is 0.623. The highest BCUT2D eigenvalue weighted by Gasteiger charge is 2.14. The normalized spacial score (nSPS) is 12.5. The Morgan fingerprint density at radius 2 is 1.83 bits per heavy atom. The van der Waals surface area contributed by atoms with Crippen LogP contribution >= 0.6 is 31.9 Å². The van der Waals surface area contributed by atoms with Crippen LogP contribution in [0.5, 0.6) is 0 Å². The Hall–Kier alpha value is -0.710. The van der Waals surface area contributed by atoms with E-state index in [9.17, 15) is 4.39 Å². The summed E-state index contributed by atoms with van der Waals surface area (Å²) in [6, 6.07) is 9.98. The number of aryl methyl sites for hydroxylation is 1. The van der Waals surface area contributed by atoms with Crippen molar-refractivity contribution < 1.29 is 4.39 Å². The number of nitrogens with two attached hydrogens (primary N) is 1. The fourth-order valence-corrected chi connectivity index (χ4v) is 2.85. The predicted molar refractivity (Wildman–Crippen MR) is 79.0 cm³/mol. The largest absolute Gasteiger partial charge is 0.320 e. The van der Waals surface area contributed by atoms with Gasteiger partial charge in [0, 0.05) is 8.95 Å². The maximum absolute atomic E-state index is 13.2. The van der Waals surface area contributed by atoms with E-state index in [-0.39, 0.29) is 11.9 Å². The van der Waals surface area contributed by atoms with Crippen LogP contribution in [-0.4, -0.2) is 0 Å². The Balaban J connectivity index is 2.46. The zero-order valence-electron chi connectivity index (χ0n) is 9.75. The van der Waals surface area contributed by atoms with Crippen LogP contribution in [0.15, 0.2) is 45.3 Å². The first kappa shape index (κ1) is 13.7. The number of benzene rings is 2. The van der Waals surface area contributed by atoms with Gasteiger partial charge >= 0.3 is 0 Å². The number of rotatable bonds is 2. The molecule has 1 atom stereocenters. The van der Waals surface area contributed by atoms with E-state index in [1.165, 1.54) is 12.1 Å². The number of hydrogen-bond donors (Lipinski definition) is 1. The van der Waals surface area contributed by atoms with Gasteiger partial charge in [-0.05, 0) is 47.9 Å². The van der Waals surface area contributed by atoms with Gasteiger partial charge in [-0.2, -0.15) is 0 Å². The van der Waals surface area contributed by atoms with E-state index in [4.69, 9.17) is 5.73 Å². The second-order valence-electron chi connectivity index (χ2n) is 4.16. The van der Waals surface area contributed by atoms with Gasteiger partial charge in [-0.15, -0.1) is 0 Å². The Kier molecular flexibility index (Phi) is 4.20. The van der Waals surface area contributed by atoms with E-state index in [1.54, 1.807) is 6.07 Å². The molecule has 2 aromatic carbocycles. The van der Waals surface area contributed by atoms with Crippen molar-refractivity contribution >= 4 is 31.9 Å². The van der Waals surface area contributed by atoms with E-state index in [0.29, 0.717) is 0 Å². The summed E-state index contributed by atoms with van der Waals surface area (Å²) in [7, 11) is 0. The lowest BCUT2D eigenvalue weighted by Gasteiger charge is -2.16. The number of halogens is 3. The molecule has 0 saturated heterocycles. The molecule has 0 saturated carbocycles. The summed E-state index contributed by atoms with van der Waals surface area (Å²) in [5, 5.41) is 0. The number of hydrogen-bond acceptors (Lipinski definition) is 1. The fraction of sp³-hybridized carbons (Fsp3) is 0.143. The van der Waals surface area contributed by atoms with Crippen molar-refractivity contribution in [3.05, 3.63) is 67.9 Å². The lowest BCUT2D eigenvalue weighted by atomic mass is 9.99. The molecule has 0 aliphatic heterocycles. The zero-order valence-corrected chi connectivity index (χ0v) is 12.9. The molecule has 0 heterocycles. The van der Waals surface area contributed by atoms with Crippen LogP contribution in [0.4, 0.5) is 4.39 Å². The van der Waals surface area contributed by atoms with Gasteiger partial charge in [-0.25, -0.2) is 4.39 Å². The molecule has 18 heavy (non-hydrogen) atoms. The highest BCUT2D eigenvalue weighted by Crippen LogP contribution is 2.31. The minimum Gasteiger partial charge on any atom is -0.320 e. The van der Waals surface area contributed by atoms with Gasteiger partial charge in [-0.3, -0.25) is 0 Å². The summed E-state index contributed by atoms with van der Waals surface area (Å²) < 4.78 is 15.1. The van der Waals surface area contributed by atoms with Crippen LogP contribution in [0.3, 0.4) is 0 Å². The highest BCUT2D eigenvalue weighted by molar-refractivity contribution is 9.11. The summed E-state index contributed by atoms with van der Waals surface area (Å²) in [4.78, 5) is 0. The summed E-state index contributed by atoms with van der Waals surface area (Å²) in [5.41, 5.74) is 8.99. The minimum atomic E-state index is -0.355. The average molecular weight is 373 g/mol. The third-order valence-electron chi connectivity index (χ3n) is 2.82. The lowest BCUT2D eigenvalue weighted by Crippen LogP contribution is -2.13.